The van der Waals surface area contributed by atoms with Gasteiger partial charge in [-0.05, 0) is 35.7 Å². The molecule has 1 aromatic heterocycles. The van der Waals surface area contributed by atoms with Crippen LogP contribution < -0.4 is 15.2 Å². The molecule has 0 spiro atoms. The molecule has 1 aromatic carbocycles. The van der Waals surface area contributed by atoms with E-state index in [0.29, 0.717) is 10.6 Å². The molecule has 0 amide bonds. The molecule has 18 heavy (non-hydrogen) atoms. The highest BCUT2D eigenvalue weighted by molar-refractivity contribution is 7.10. The second-order valence-corrected chi connectivity index (χ2v) is 4.62. The molecule has 0 saturated carbocycles. The van der Waals surface area contributed by atoms with Crippen LogP contribution in [-0.4, -0.2) is 13.1 Å². The Kier molecular flexibility index (Phi) is 3.84. The number of hydrogen-bond donors (Lipinski definition) is 1. The highest BCUT2D eigenvalue weighted by Crippen LogP contribution is 2.24. The fraction of sp³-hybridized carbons (Fsp3) is 0.154. The topological polar surface area (TPSA) is 61.4 Å². The van der Waals surface area contributed by atoms with Crippen molar-refractivity contribution in [3.05, 3.63) is 46.7 Å². The Balaban J connectivity index is 2.16. The Bertz CT molecular complexity index is 508. The van der Waals surface area contributed by atoms with E-state index >= 15 is 0 Å². The summed E-state index contributed by atoms with van der Waals surface area (Å²) < 4.78 is 5.04. The number of carbonyl (C=O) groups excluding carboxylic acids is 1. The third kappa shape index (κ3) is 2.81. The molecule has 0 aliphatic heterocycles. The lowest BCUT2D eigenvalue weighted by atomic mass is 10.2. The lowest BCUT2D eigenvalue weighted by Crippen LogP contribution is -2.33. The monoisotopic (exact) mass is 262 g/mol. The predicted molar refractivity (Wildman–Crippen MR) is 68.7 cm³/mol. The molecule has 2 rings (SSSR count). The zero-order valence-corrected chi connectivity index (χ0v) is 10.6. The number of anilines is 1. The number of benzene rings is 1. The SMILES string of the molecule is COc1ccc(N[C@@H](C(=O)[O-])c2cccs2)cc1. The number of methoxy groups -OCH3 is 1. The number of ether oxygens (including phenoxy) is 1. The number of thiophene rings is 1. The first-order chi connectivity index (χ1) is 8.70. The van der Waals surface area contributed by atoms with Gasteiger partial charge in [0.15, 0.2) is 0 Å². The fourth-order valence-corrected chi connectivity index (χ4v) is 2.32. The first-order valence-corrected chi connectivity index (χ1v) is 6.23. The molecule has 0 aliphatic rings. The van der Waals surface area contributed by atoms with E-state index in [0.717, 1.165) is 5.75 Å². The highest BCUT2D eigenvalue weighted by atomic mass is 32.1. The Morgan fingerprint density at radius 2 is 2.06 bits per heavy atom. The van der Waals surface area contributed by atoms with Gasteiger partial charge in [-0.3, -0.25) is 0 Å². The van der Waals surface area contributed by atoms with E-state index in [1.807, 2.05) is 11.4 Å². The van der Waals surface area contributed by atoms with Crippen LogP contribution in [0.25, 0.3) is 0 Å². The maximum atomic E-state index is 11.1. The molecule has 2 aromatic rings. The first kappa shape index (κ1) is 12.4. The van der Waals surface area contributed by atoms with Crippen LogP contribution in [0, 0.1) is 0 Å². The van der Waals surface area contributed by atoms with Gasteiger partial charge in [-0.1, -0.05) is 6.07 Å². The van der Waals surface area contributed by atoms with Gasteiger partial charge in [-0.2, -0.15) is 0 Å². The molecular formula is C13H12NO3S-. The lowest BCUT2D eigenvalue weighted by Gasteiger charge is -2.19. The summed E-state index contributed by atoms with van der Waals surface area (Å²) in [6.45, 7) is 0. The third-order valence-electron chi connectivity index (χ3n) is 2.46. The maximum absolute atomic E-state index is 11.1. The van der Waals surface area contributed by atoms with E-state index in [1.165, 1.54) is 11.3 Å². The van der Waals surface area contributed by atoms with Crippen molar-refractivity contribution >= 4 is 23.0 Å². The van der Waals surface area contributed by atoms with Gasteiger partial charge in [-0.25, -0.2) is 0 Å². The molecule has 0 unspecified atom stereocenters. The zero-order valence-electron chi connectivity index (χ0n) is 9.75. The maximum Gasteiger partial charge on any atom is 0.119 e. The Morgan fingerprint density at radius 1 is 1.33 bits per heavy atom. The average molecular weight is 262 g/mol. The zero-order chi connectivity index (χ0) is 13.0. The molecule has 0 aliphatic carbocycles. The van der Waals surface area contributed by atoms with Crippen LogP contribution in [0.15, 0.2) is 41.8 Å². The van der Waals surface area contributed by atoms with Crippen LogP contribution >= 0.6 is 11.3 Å². The summed E-state index contributed by atoms with van der Waals surface area (Å²) >= 11 is 1.38. The van der Waals surface area contributed by atoms with Crippen LogP contribution in [-0.2, 0) is 4.79 Å². The van der Waals surface area contributed by atoms with Crippen molar-refractivity contribution in [2.45, 2.75) is 6.04 Å². The fourth-order valence-electron chi connectivity index (χ4n) is 1.56. The van der Waals surface area contributed by atoms with Crippen LogP contribution in [0.2, 0.25) is 0 Å². The number of carboxylic acids is 1. The quantitative estimate of drug-likeness (QED) is 0.890. The van der Waals surface area contributed by atoms with Crippen LogP contribution in [0.1, 0.15) is 10.9 Å². The molecule has 1 heterocycles. The number of aliphatic carboxylic acids is 1. The normalized spacial score (nSPS) is 11.8. The first-order valence-electron chi connectivity index (χ1n) is 5.35. The van der Waals surface area contributed by atoms with Crippen LogP contribution in [0.4, 0.5) is 5.69 Å². The van der Waals surface area contributed by atoms with Gasteiger partial charge >= 0.3 is 0 Å². The molecule has 1 atom stereocenters. The number of rotatable bonds is 5. The van der Waals surface area contributed by atoms with Crippen LogP contribution in [0.3, 0.4) is 0 Å². The molecular weight excluding hydrogens is 250 g/mol. The van der Waals surface area contributed by atoms with Crippen molar-refractivity contribution in [3.8, 4) is 5.75 Å². The molecule has 0 fully saturated rings. The minimum Gasteiger partial charge on any atom is -0.547 e. The van der Waals surface area contributed by atoms with Gasteiger partial charge in [0.2, 0.25) is 0 Å². The molecule has 0 bridgehead atoms. The Hall–Kier alpha value is -2.01. The number of carboxylic acid groups (broad SMARTS) is 1. The van der Waals surface area contributed by atoms with Crippen molar-refractivity contribution in [1.82, 2.24) is 0 Å². The Labute approximate surface area is 109 Å². The largest absolute Gasteiger partial charge is 0.547 e. The standard InChI is InChI=1S/C13H13NO3S/c1-17-10-6-4-9(5-7-10)14-12(13(15)16)11-3-2-8-18-11/h2-8,12,14H,1H3,(H,15,16)/p-1/t12-/m1/s1. The van der Waals surface area contributed by atoms with Gasteiger partial charge in [-0.15, -0.1) is 11.3 Å². The summed E-state index contributed by atoms with van der Waals surface area (Å²) in [5.74, 6) is -0.421. The smallest absolute Gasteiger partial charge is 0.119 e. The highest BCUT2D eigenvalue weighted by Gasteiger charge is 2.13. The van der Waals surface area contributed by atoms with E-state index in [4.69, 9.17) is 4.74 Å². The lowest BCUT2D eigenvalue weighted by molar-refractivity contribution is -0.307. The molecule has 1 N–H and O–H groups in total. The van der Waals surface area contributed by atoms with Gasteiger partial charge in [0.05, 0.1) is 13.1 Å². The summed E-state index contributed by atoms with van der Waals surface area (Å²) in [5, 5.41) is 15.9. The second kappa shape index (κ2) is 5.55. The molecule has 94 valence electrons. The minimum atomic E-state index is -1.15. The third-order valence-corrected chi connectivity index (χ3v) is 3.40. The van der Waals surface area contributed by atoms with E-state index < -0.39 is 12.0 Å². The Morgan fingerprint density at radius 3 is 2.56 bits per heavy atom. The van der Waals surface area contributed by atoms with Crippen molar-refractivity contribution < 1.29 is 14.6 Å². The van der Waals surface area contributed by atoms with E-state index in [9.17, 15) is 9.90 Å². The predicted octanol–water partition coefficient (Wildman–Crippen LogP) is 1.66. The average Bonchev–Trinajstić information content (AvgIpc) is 2.90. The summed E-state index contributed by atoms with van der Waals surface area (Å²) in [7, 11) is 1.58. The minimum absolute atomic E-state index is 0.707. The van der Waals surface area contributed by atoms with Gasteiger partial charge in [0.1, 0.15) is 11.8 Å². The van der Waals surface area contributed by atoms with Crippen LogP contribution in [0.5, 0.6) is 5.75 Å². The van der Waals surface area contributed by atoms with Crippen molar-refractivity contribution in [2.75, 3.05) is 12.4 Å². The summed E-state index contributed by atoms with van der Waals surface area (Å²) in [6, 6.07) is 9.81. The number of hydrogen-bond acceptors (Lipinski definition) is 5. The van der Waals surface area contributed by atoms with Crippen molar-refractivity contribution in [3.63, 3.8) is 0 Å². The van der Waals surface area contributed by atoms with E-state index in [-0.39, 0.29) is 0 Å². The summed E-state index contributed by atoms with van der Waals surface area (Å²) in [5.41, 5.74) is 0.707. The second-order valence-electron chi connectivity index (χ2n) is 3.64. The number of nitrogens with one attached hydrogen (secondary N) is 1. The summed E-state index contributed by atoms with van der Waals surface area (Å²) in [6.07, 6.45) is 0. The summed E-state index contributed by atoms with van der Waals surface area (Å²) in [4.78, 5) is 11.8. The van der Waals surface area contributed by atoms with E-state index in [2.05, 4.69) is 5.32 Å². The molecule has 4 nitrogen and oxygen atoms in total. The molecule has 0 saturated heterocycles. The van der Waals surface area contributed by atoms with Gasteiger partial charge < -0.3 is 20.0 Å². The van der Waals surface area contributed by atoms with Crippen molar-refractivity contribution in [2.24, 2.45) is 0 Å². The molecule has 5 heteroatoms. The number of carbonyl (C=O) groups is 1. The van der Waals surface area contributed by atoms with E-state index in [1.54, 1.807) is 37.4 Å². The van der Waals surface area contributed by atoms with Crippen molar-refractivity contribution in [1.29, 1.82) is 0 Å². The van der Waals surface area contributed by atoms with Gasteiger partial charge in [0.25, 0.3) is 0 Å². The molecule has 0 radical (unpaired) electrons. The van der Waals surface area contributed by atoms with Gasteiger partial charge in [0, 0.05) is 10.6 Å².